The largest absolute Gasteiger partial charge is 0.309 e. The van der Waals surface area contributed by atoms with E-state index in [1.165, 1.54) is 23.8 Å². The molecule has 0 aromatic carbocycles. The van der Waals surface area contributed by atoms with Crippen LogP contribution in [0.4, 0.5) is 4.39 Å². The molecule has 2 aromatic rings. The number of halogens is 1. The van der Waals surface area contributed by atoms with Crippen molar-refractivity contribution in [3.63, 3.8) is 0 Å². The summed E-state index contributed by atoms with van der Waals surface area (Å²) in [5, 5.41) is 7.06. The van der Waals surface area contributed by atoms with Gasteiger partial charge in [-0.2, -0.15) is 0 Å². The van der Waals surface area contributed by atoms with Crippen molar-refractivity contribution in [2.45, 2.75) is 13.0 Å². The van der Waals surface area contributed by atoms with Crippen LogP contribution >= 0.6 is 11.5 Å². The maximum absolute atomic E-state index is 13.1. The normalized spacial score (nSPS) is 12.7. The Balaban J connectivity index is 2.40. The van der Waals surface area contributed by atoms with E-state index in [9.17, 15) is 4.39 Å². The summed E-state index contributed by atoms with van der Waals surface area (Å²) in [7, 11) is 1.81. The molecule has 16 heavy (non-hydrogen) atoms. The van der Waals surface area contributed by atoms with E-state index in [0.717, 1.165) is 16.1 Å². The lowest BCUT2D eigenvalue weighted by molar-refractivity contribution is 0.609. The quantitative estimate of drug-likeness (QED) is 0.884. The SMILES string of the molecule is CNC(c1cncc(F)c1)c1snnc1C. The lowest BCUT2D eigenvalue weighted by Gasteiger charge is -2.14. The van der Waals surface area contributed by atoms with Gasteiger partial charge in [0.15, 0.2) is 0 Å². The van der Waals surface area contributed by atoms with Gasteiger partial charge in [0.25, 0.3) is 0 Å². The number of hydrogen-bond donors (Lipinski definition) is 1. The monoisotopic (exact) mass is 238 g/mol. The molecule has 0 saturated heterocycles. The van der Waals surface area contributed by atoms with Crippen molar-refractivity contribution in [3.05, 3.63) is 40.4 Å². The molecule has 4 nitrogen and oxygen atoms in total. The molecular weight excluding hydrogens is 227 g/mol. The minimum absolute atomic E-state index is 0.108. The number of aromatic nitrogens is 3. The highest BCUT2D eigenvalue weighted by molar-refractivity contribution is 7.05. The van der Waals surface area contributed by atoms with E-state index < -0.39 is 0 Å². The Labute approximate surface area is 96.7 Å². The van der Waals surface area contributed by atoms with Crippen molar-refractivity contribution < 1.29 is 4.39 Å². The molecule has 0 amide bonds. The summed E-state index contributed by atoms with van der Waals surface area (Å²) in [6.45, 7) is 1.88. The summed E-state index contributed by atoms with van der Waals surface area (Å²) < 4.78 is 17.0. The molecule has 1 N–H and O–H groups in total. The third-order valence-corrected chi connectivity index (χ3v) is 3.19. The molecule has 0 fully saturated rings. The Morgan fingerprint density at radius 2 is 2.25 bits per heavy atom. The summed E-state index contributed by atoms with van der Waals surface area (Å²) in [4.78, 5) is 4.82. The van der Waals surface area contributed by atoms with Crippen LogP contribution in [0.3, 0.4) is 0 Å². The predicted octanol–water partition coefficient (Wildman–Crippen LogP) is 1.69. The number of nitrogens with zero attached hydrogens (tertiary/aromatic N) is 3. The molecule has 0 aliphatic carbocycles. The Morgan fingerprint density at radius 3 is 2.81 bits per heavy atom. The predicted molar refractivity (Wildman–Crippen MR) is 59.7 cm³/mol. The fraction of sp³-hybridized carbons (Fsp3) is 0.300. The van der Waals surface area contributed by atoms with E-state index in [1.807, 2.05) is 14.0 Å². The molecule has 84 valence electrons. The second-order valence-electron chi connectivity index (χ2n) is 3.38. The number of hydrogen-bond acceptors (Lipinski definition) is 5. The third kappa shape index (κ3) is 2.07. The molecule has 0 radical (unpaired) electrons. The molecule has 0 saturated carbocycles. The molecule has 0 aliphatic heterocycles. The smallest absolute Gasteiger partial charge is 0.141 e. The van der Waals surface area contributed by atoms with Crippen molar-refractivity contribution >= 4 is 11.5 Å². The molecule has 1 atom stereocenters. The van der Waals surface area contributed by atoms with Crippen molar-refractivity contribution in [2.24, 2.45) is 0 Å². The average molecular weight is 238 g/mol. The fourth-order valence-electron chi connectivity index (χ4n) is 1.54. The van der Waals surface area contributed by atoms with Gasteiger partial charge in [0.1, 0.15) is 5.82 Å². The number of aryl methyl sites for hydroxylation is 1. The summed E-state index contributed by atoms with van der Waals surface area (Å²) in [5.74, 6) is -0.340. The molecule has 1 unspecified atom stereocenters. The first-order valence-corrected chi connectivity index (χ1v) is 5.56. The minimum atomic E-state index is -0.340. The van der Waals surface area contributed by atoms with Gasteiger partial charge >= 0.3 is 0 Å². The summed E-state index contributed by atoms with van der Waals surface area (Å²) in [6, 6.07) is 1.36. The third-order valence-electron chi connectivity index (χ3n) is 2.30. The lowest BCUT2D eigenvalue weighted by atomic mass is 10.1. The van der Waals surface area contributed by atoms with Gasteiger partial charge in [-0.1, -0.05) is 4.49 Å². The first-order valence-electron chi connectivity index (χ1n) is 4.79. The maximum Gasteiger partial charge on any atom is 0.141 e. The Hall–Kier alpha value is -1.40. The highest BCUT2D eigenvalue weighted by Gasteiger charge is 2.18. The highest BCUT2D eigenvalue weighted by atomic mass is 32.1. The Bertz CT molecular complexity index is 485. The van der Waals surface area contributed by atoms with Crippen molar-refractivity contribution in [1.29, 1.82) is 0 Å². The van der Waals surface area contributed by atoms with Gasteiger partial charge in [-0.05, 0) is 37.1 Å². The second-order valence-corrected chi connectivity index (χ2v) is 4.17. The molecule has 2 rings (SSSR count). The van der Waals surface area contributed by atoms with Crippen LogP contribution in [0.25, 0.3) is 0 Å². The van der Waals surface area contributed by atoms with E-state index in [1.54, 1.807) is 6.20 Å². The first kappa shape index (κ1) is 11.1. The molecule has 6 heteroatoms. The van der Waals surface area contributed by atoms with E-state index in [2.05, 4.69) is 19.9 Å². The van der Waals surface area contributed by atoms with Crippen LogP contribution in [0.2, 0.25) is 0 Å². The van der Waals surface area contributed by atoms with Crippen LogP contribution in [-0.2, 0) is 0 Å². The summed E-state index contributed by atoms with van der Waals surface area (Å²) >= 11 is 1.31. The van der Waals surface area contributed by atoms with Gasteiger partial charge in [0.2, 0.25) is 0 Å². The van der Waals surface area contributed by atoms with Gasteiger partial charge in [-0.3, -0.25) is 4.98 Å². The summed E-state index contributed by atoms with van der Waals surface area (Å²) in [6.07, 6.45) is 2.83. The Morgan fingerprint density at radius 1 is 1.44 bits per heavy atom. The van der Waals surface area contributed by atoms with Crippen molar-refractivity contribution in [2.75, 3.05) is 7.05 Å². The van der Waals surface area contributed by atoms with Crippen molar-refractivity contribution in [1.82, 2.24) is 19.9 Å². The lowest BCUT2D eigenvalue weighted by Crippen LogP contribution is -2.17. The fourth-order valence-corrected chi connectivity index (χ4v) is 2.32. The minimum Gasteiger partial charge on any atom is -0.309 e. The maximum atomic E-state index is 13.1. The molecule has 0 bridgehead atoms. The Kier molecular flexibility index (Phi) is 3.21. The van der Waals surface area contributed by atoms with Gasteiger partial charge in [0, 0.05) is 6.20 Å². The van der Waals surface area contributed by atoms with Crippen LogP contribution in [0.1, 0.15) is 22.2 Å². The zero-order valence-corrected chi connectivity index (χ0v) is 9.75. The first-order chi connectivity index (χ1) is 7.72. The van der Waals surface area contributed by atoms with Crippen LogP contribution in [0.5, 0.6) is 0 Å². The van der Waals surface area contributed by atoms with Gasteiger partial charge < -0.3 is 5.32 Å². The molecular formula is C10H11FN4S. The van der Waals surface area contributed by atoms with Gasteiger partial charge in [0.05, 0.1) is 22.8 Å². The zero-order chi connectivity index (χ0) is 11.5. The van der Waals surface area contributed by atoms with E-state index in [0.29, 0.717) is 0 Å². The molecule has 2 heterocycles. The number of nitrogens with one attached hydrogen (secondary N) is 1. The van der Waals surface area contributed by atoms with Crippen LogP contribution in [0, 0.1) is 12.7 Å². The molecule has 0 aliphatic rings. The standard InChI is InChI=1S/C10H11FN4S/c1-6-10(16-15-14-6)9(12-2)7-3-8(11)5-13-4-7/h3-5,9,12H,1-2H3. The highest BCUT2D eigenvalue weighted by Crippen LogP contribution is 2.25. The van der Waals surface area contributed by atoms with Gasteiger partial charge in [-0.25, -0.2) is 4.39 Å². The van der Waals surface area contributed by atoms with E-state index >= 15 is 0 Å². The van der Waals surface area contributed by atoms with Crippen LogP contribution in [-0.4, -0.2) is 21.6 Å². The van der Waals surface area contributed by atoms with Gasteiger partial charge in [-0.15, -0.1) is 5.10 Å². The summed E-state index contributed by atoms with van der Waals surface area (Å²) in [5.41, 5.74) is 1.63. The molecule has 0 spiro atoms. The number of pyridine rings is 1. The van der Waals surface area contributed by atoms with E-state index in [4.69, 9.17) is 0 Å². The van der Waals surface area contributed by atoms with Crippen molar-refractivity contribution in [3.8, 4) is 0 Å². The number of rotatable bonds is 3. The van der Waals surface area contributed by atoms with Crippen LogP contribution in [0.15, 0.2) is 18.5 Å². The van der Waals surface area contributed by atoms with E-state index in [-0.39, 0.29) is 11.9 Å². The average Bonchev–Trinajstić information content (AvgIpc) is 2.67. The zero-order valence-electron chi connectivity index (χ0n) is 8.94. The molecule has 2 aromatic heterocycles. The van der Waals surface area contributed by atoms with Crippen LogP contribution < -0.4 is 5.32 Å². The topological polar surface area (TPSA) is 50.7 Å². The second kappa shape index (κ2) is 4.63.